The fraction of sp³-hybridized carbons (Fsp3) is 0.562. The molecule has 1 aliphatic rings. The second kappa shape index (κ2) is 8.16. The summed E-state index contributed by atoms with van der Waals surface area (Å²) in [5.74, 6) is 0.125. The zero-order valence-electron chi connectivity index (χ0n) is 13.0. The molecular weight excluding hydrogens is 321 g/mol. The van der Waals surface area contributed by atoms with Crippen molar-refractivity contribution < 1.29 is 4.79 Å². The van der Waals surface area contributed by atoms with Gasteiger partial charge in [-0.1, -0.05) is 42.6 Å². The number of halogens is 2. The van der Waals surface area contributed by atoms with E-state index in [9.17, 15) is 4.79 Å². The molecule has 4 nitrogen and oxygen atoms in total. The minimum absolute atomic E-state index is 0.125. The van der Waals surface area contributed by atoms with E-state index >= 15 is 0 Å². The van der Waals surface area contributed by atoms with E-state index in [1.807, 2.05) is 24.0 Å². The van der Waals surface area contributed by atoms with Gasteiger partial charge in [0.15, 0.2) is 0 Å². The first kappa shape index (κ1) is 17.5. The molecular formula is C16H23Cl2N3O. The van der Waals surface area contributed by atoms with Gasteiger partial charge < -0.3 is 4.90 Å². The standard InChI is InChI=1S/C16H23Cl2N3O/c1-3-5-12-9-15(20-19-12)16(22)21(4-2)10-11-6-7-13(17)14(18)8-11/h6-8,12,15,19-20H,3-5,9-10H2,1-2H3. The van der Waals surface area contributed by atoms with Crippen LogP contribution in [0.25, 0.3) is 0 Å². The number of carbonyl (C=O) groups is 1. The molecule has 0 spiro atoms. The molecule has 0 saturated carbocycles. The van der Waals surface area contributed by atoms with Crippen LogP contribution in [0.2, 0.25) is 10.0 Å². The fourth-order valence-corrected chi connectivity index (χ4v) is 3.07. The Balaban J connectivity index is 1.98. The summed E-state index contributed by atoms with van der Waals surface area (Å²) in [6, 6.07) is 5.72. The Kier molecular flexibility index (Phi) is 6.50. The molecule has 1 heterocycles. The predicted molar refractivity (Wildman–Crippen MR) is 90.9 cm³/mol. The molecule has 1 aliphatic heterocycles. The molecule has 1 saturated heterocycles. The summed E-state index contributed by atoms with van der Waals surface area (Å²) in [5.41, 5.74) is 7.32. The summed E-state index contributed by atoms with van der Waals surface area (Å²) >= 11 is 12.0. The maximum absolute atomic E-state index is 12.6. The van der Waals surface area contributed by atoms with Crippen LogP contribution >= 0.6 is 23.2 Å². The number of rotatable bonds is 6. The van der Waals surface area contributed by atoms with Gasteiger partial charge in [-0.25, -0.2) is 5.43 Å². The minimum atomic E-state index is -0.153. The largest absolute Gasteiger partial charge is 0.337 e. The number of hydrazine groups is 1. The molecule has 2 unspecified atom stereocenters. The first-order valence-corrected chi connectivity index (χ1v) is 8.54. The Morgan fingerprint density at radius 1 is 1.27 bits per heavy atom. The second-order valence-corrected chi connectivity index (χ2v) is 6.48. The van der Waals surface area contributed by atoms with Crippen LogP contribution in [-0.4, -0.2) is 29.4 Å². The van der Waals surface area contributed by atoms with E-state index in [2.05, 4.69) is 17.8 Å². The van der Waals surface area contributed by atoms with Crippen LogP contribution < -0.4 is 10.9 Å². The van der Waals surface area contributed by atoms with E-state index < -0.39 is 0 Å². The third kappa shape index (κ3) is 4.35. The molecule has 1 fully saturated rings. The third-order valence-corrected chi connectivity index (χ3v) is 4.71. The van der Waals surface area contributed by atoms with E-state index in [0.29, 0.717) is 29.2 Å². The summed E-state index contributed by atoms with van der Waals surface area (Å²) in [5, 5.41) is 1.05. The van der Waals surface area contributed by atoms with Crippen LogP contribution in [0.15, 0.2) is 18.2 Å². The lowest BCUT2D eigenvalue weighted by Gasteiger charge is -2.24. The van der Waals surface area contributed by atoms with Gasteiger partial charge in [0.25, 0.3) is 0 Å². The number of nitrogens with one attached hydrogen (secondary N) is 2. The number of benzene rings is 1. The Morgan fingerprint density at radius 2 is 2.05 bits per heavy atom. The molecule has 0 bridgehead atoms. The normalized spacial score (nSPS) is 21.1. The van der Waals surface area contributed by atoms with Crippen molar-refractivity contribution in [3.8, 4) is 0 Å². The van der Waals surface area contributed by atoms with Crippen molar-refractivity contribution in [2.45, 2.75) is 51.7 Å². The van der Waals surface area contributed by atoms with E-state index in [1.165, 1.54) is 0 Å². The maximum Gasteiger partial charge on any atom is 0.241 e. The molecule has 2 N–H and O–H groups in total. The summed E-state index contributed by atoms with van der Waals surface area (Å²) in [6.45, 7) is 5.35. The van der Waals surface area contributed by atoms with Crippen LogP contribution in [0.5, 0.6) is 0 Å². The SMILES string of the molecule is CCCC1CC(C(=O)N(CC)Cc2ccc(Cl)c(Cl)c2)NN1. The highest BCUT2D eigenvalue weighted by Gasteiger charge is 2.31. The van der Waals surface area contributed by atoms with Crippen LogP contribution in [-0.2, 0) is 11.3 Å². The average Bonchev–Trinajstić information content (AvgIpc) is 2.96. The second-order valence-electron chi connectivity index (χ2n) is 5.66. The number of likely N-dealkylation sites (N-methyl/N-ethyl adjacent to an activating group) is 1. The quantitative estimate of drug-likeness (QED) is 0.832. The van der Waals surface area contributed by atoms with Gasteiger partial charge in [-0.05, 0) is 37.5 Å². The smallest absolute Gasteiger partial charge is 0.241 e. The molecule has 1 aromatic carbocycles. The highest BCUT2D eigenvalue weighted by atomic mass is 35.5. The topological polar surface area (TPSA) is 44.4 Å². The van der Waals surface area contributed by atoms with Crippen molar-refractivity contribution in [3.05, 3.63) is 33.8 Å². The lowest BCUT2D eigenvalue weighted by atomic mass is 10.0. The molecule has 2 rings (SSSR count). The fourth-order valence-electron chi connectivity index (χ4n) is 2.75. The van der Waals surface area contributed by atoms with Crippen molar-refractivity contribution in [3.63, 3.8) is 0 Å². The highest BCUT2D eigenvalue weighted by Crippen LogP contribution is 2.23. The van der Waals surface area contributed by atoms with Gasteiger partial charge in [0, 0.05) is 19.1 Å². The van der Waals surface area contributed by atoms with E-state index in [1.54, 1.807) is 6.07 Å². The van der Waals surface area contributed by atoms with Crippen LogP contribution in [0.4, 0.5) is 0 Å². The van der Waals surface area contributed by atoms with Gasteiger partial charge in [-0.3, -0.25) is 10.2 Å². The van der Waals surface area contributed by atoms with E-state index in [4.69, 9.17) is 23.2 Å². The number of nitrogens with zero attached hydrogens (tertiary/aromatic N) is 1. The van der Waals surface area contributed by atoms with Crippen LogP contribution in [0.1, 0.15) is 38.7 Å². The third-order valence-electron chi connectivity index (χ3n) is 3.97. The molecule has 2 atom stereocenters. The van der Waals surface area contributed by atoms with E-state index in [0.717, 1.165) is 24.8 Å². The van der Waals surface area contributed by atoms with Gasteiger partial charge >= 0.3 is 0 Å². The molecule has 122 valence electrons. The van der Waals surface area contributed by atoms with Crippen molar-refractivity contribution in [2.24, 2.45) is 0 Å². The van der Waals surface area contributed by atoms with Crippen LogP contribution in [0, 0.1) is 0 Å². The molecule has 0 radical (unpaired) electrons. The Hall–Kier alpha value is -0.810. The van der Waals surface area contributed by atoms with Crippen molar-refractivity contribution >= 4 is 29.1 Å². The average molecular weight is 344 g/mol. The Morgan fingerprint density at radius 3 is 2.68 bits per heavy atom. The molecule has 0 aromatic heterocycles. The number of amides is 1. The monoisotopic (exact) mass is 343 g/mol. The number of carbonyl (C=O) groups excluding carboxylic acids is 1. The highest BCUT2D eigenvalue weighted by molar-refractivity contribution is 6.42. The minimum Gasteiger partial charge on any atom is -0.337 e. The zero-order chi connectivity index (χ0) is 16.1. The van der Waals surface area contributed by atoms with Crippen molar-refractivity contribution in [2.75, 3.05) is 6.54 Å². The maximum atomic E-state index is 12.6. The lowest BCUT2D eigenvalue weighted by molar-refractivity contribution is -0.133. The van der Waals surface area contributed by atoms with Gasteiger partial charge in [0.05, 0.1) is 10.0 Å². The lowest BCUT2D eigenvalue weighted by Crippen LogP contribution is -2.45. The Labute approximate surface area is 142 Å². The Bertz CT molecular complexity index is 524. The first-order valence-electron chi connectivity index (χ1n) is 7.78. The summed E-state index contributed by atoms with van der Waals surface area (Å²) in [7, 11) is 0. The molecule has 0 aliphatic carbocycles. The van der Waals surface area contributed by atoms with Crippen molar-refractivity contribution in [1.29, 1.82) is 0 Å². The molecule has 1 amide bonds. The van der Waals surface area contributed by atoms with Gasteiger partial charge in [-0.15, -0.1) is 0 Å². The zero-order valence-corrected chi connectivity index (χ0v) is 14.5. The van der Waals surface area contributed by atoms with Crippen LogP contribution in [0.3, 0.4) is 0 Å². The molecule has 22 heavy (non-hydrogen) atoms. The van der Waals surface area contributed by atoms with Crippen molar-refractivity contribution in [1.82, 2.24) is 15.8 Å². The summed E-state index contributed by atoms with van der Waals surface area (Å²) in [4.78, 5) is 14.5. The molecule has 6 heteroatoms. The number of hydrogen-bond acceptors (Lipinski definition) is 3. The summed E-state index contributed by atoms with van der Waals surface area (Å²) in [6.07, 6.45) is 3.03. The summed E-state index contributed by atoms with van der Waals surface area (Å²) < 4.78 is 0. The van der Waals surface area contributed by atoms with E-state index in [-0.39, 0.29) is 11.9 Å². The van der Waals surface area contributed by atoms with Gasteiger partial charge in [-0.2, -0.15) is 0 Å². The van der Waals surface area contributed by atoms with Gasteiger partial charge in [0.2, 0.25) is 5.91 Å². The number of hydrogen-bond donors (Lipinski definition) is 2. The van der Waals surface area contributed by atoms with Gasteiger partial charge in [0.1, 0.15) is 6.04 Å². The first-order chi connectivity index (χ1) is 10.5. The molecule has 1 aromatic rings. The predicted octanol–water partition coefficient (Wildman–Crippen LogP) is 3.38.